The maximum absolute atomic E-state index is 10.9. The van der Waals surface area contributed by atoms with Crippen molar-refractivity contribution in [1.29, 1.82) is 0 Å². The van der Waals surface area contributed by atoms with E-state index in [2.05, 4.69) is 31.6 Å². The Morgan fingerprint density at radius 2 is 1.84 bits per heavy atom. The third-order valence-corrected chi connectivity index (χ3v) is 5.17. The topological polar surface area (TPSA) is 85.3 Å². The van der Waals surface area contributed by atoms with Gasteiger partial charge in [-0.25, -0.2) is 4.68 Å². The highest BCUT2D eigenvalue weighted by Crippen LogP contribution is 2.25. The number of benzene rings is 3. The number of nitro groups is 1. The van der Waals surface area contributed by atoms with Gasteiger partial charge in [0.05, 0.1) is 22.5 Å². The van der Waals surface area contributed by atoms with Gasteiger partial charge in [-0.05, 0) is 42.5 Å². The number of nitrogens with one attached hydrogen (secondary N) is 1. The summed E-state index contributed by atoms with van der Waals surface area (Å²) < 4.78 is 2.63. The number of non-ortho nitro benzene ring substituents is 1. The molecule has 1 N–H and O–H groups in total. The Hall–Kier alpha value is -3.49. The normalized spacial score (nSPS) is 11.0. The van der Waals surface area contributed by atoms with E-state index in [4.69, 9.17) is 11.6 Å². The molecule has 0 amide bonds. The lowest BCUT2D eigenvalue weighted by atomic mass is 10.1. The fourth-order valence-corrected chi connectivity index (χ4v) is 3.36. The molecule has 0 fully saturated rings. The molecule has 3 aromatic carbocycles. The van der Waals surface area contributed by atoms with Gasteiger partial charge in [-0.1, -0.05) is 45.7 Å². The Morgan fingerprint density at radius 3 is 2.52 bits per heavy atom. The van der Waals surface area contributed by atoms with Crippen LogP contribution in [0.2, 0.25) is 5.02 Å². The highest BCUT2D eigenvalue weighted by atomic mass is 79.9. The van der Waals surface area contributed by atoms with Crippen LogP contribution in [-0.2, 0) is 0 Å². The lowest BCUT2D eigenvalue weighted by Crippen LogP contribution is -1.95. The summed E-state index contributed by atoms with van der Waals surface area (Å²) in [7, 11) is 0. The van der Waals surface area contributed by atoms with Crippen molar-refractivity contribution < 1.29 is 4.92 Å². The van der Waals surface area contributed by atoms with E-state index < -0.39 is 4.92 Å². The van der Waals surface area contributed by atoms with E-state index in [1.807, 2.05) is 42.6 Å². The molecule has 0 atom stereocenters. The third-order valence-electron chi connectivity index (χ3n) is 4.41. The van der Waals surface area contributed by atoms with E-state index in [1.165, 1.54) is 12.1 Å². The van der Waals surface area contributed by atoms with Gasteiger partial charge in [0.2, 0.25) is 0 Å². The van der Waals surface area contributed by atoms with Crippen LogP contribution < -0.4 is 5.43 Å². The molecule has 1 heterocycles. The number of hydrogen-bond donors (Lipinski definition) is 1. The average Bonchev–Trinajstić information content (AvgIpc) is 3.18. The van der Waals surface area contributed by atoms with Crippen LogP contribution in [0.1, 0.15) is 5.56 Å². The van der Waals surface area contributed by atoms with Gasteiger partial charge < -0.3 is 0 Å². The number of nitrogens with zero attached hydrogens (tertiary/aromatic N) is 4. The minimum Gasteiger partial charge on any atom is -0.278 e. The summed E-state index contributed by atoms with van der Waals surface area (Å²) in [5.74, 6) is 0. The van der Waals surface area contributed by atoms with Crippen LogP contribution in [0.4, 0.5) is 11.4 Å². The third kappa shape index (κ3) is 4.99. The van der Waals surface area contributed by atoms with Crippen LogP contribution in [0.5, 0.6) is 0 Å². The zero-order valence-corrected chi connectivity index (χ0v) is 18.3. The van der Waals surface area contributed by atoms with Crippen LogP contribution in [-0.4, -0.2) is 20.9 Å². The lowest BCUT2D eigenvalue weighted by Gasteiger charge is -2.01. The fraction of sp³-hybridized carbons (Fsp3) is 0. The first-order valence-corrected chi connectivity index (χ1v) is 10.3. The van der Waals surface area contributed by atoms with Gasteiger partial charge in [0.1, 0.15) is 5.69 Å². The van der Waals surface area contributed by atoms with Crippen molar-refractivity contribution in [1.82, 2.24) is 9.78 Å². The van der Waals surface area contributed by atoms with E-state index in [0.717, 1.165) is 27.0 Å². The Morgan fingerprint density at radius 1 is 1.10 bits per heavy atom. The molecule has 0 unspecified atom stereocenters. The van der Waals surface area contributed by atoms with Crippen LogP contribution in [0, 0.1) is 10.1 Å². The second-order valence-corrected chi connectivity index (χ2v) is 7.89. The molecule has 0 spiro atoms. The molecule has 4 aromatic rings. The van der Waals surface area contributed by atoms with Crippen molar-refractivity contribution in [2.45, 2.75) is 0 Å². The summed E-state index contributed by atoms with van der Waals surface area (Å²) >= 11 is 9.45. The number of hydrogen-bond acceptors (Lipinski definition) is 5. The highest BCUT2D eigenvalue weighted by Gasteiger charge is 2.12. The fourth-order valence-electron chi connectivity index (χ4n) is 2.91. The average molecular weight is 497 g/mol. The largest absolute Gasteiger partial charge is 0.278 e. The number of rotatable bonds is 6. The van der Waals surface area contributed by atoms with Crippen LogP contribution in [0.25, 0.3) is 16.9 Å². The first kappa shape index (κ1) is 20.8. The zero-order valence-electron chi connectivity index (χ0n) is 15.9. The van der Waals surface area contributed by atoms with E-state index in [0.29, 0.717) is 10.7 Å². The standard InChI is InChI=1S/C22H15BrClN5O2/c23-17-6-4-15(5-7-17)22-16(13-25-26-19-3-1-2-18(24)12-19)14-28(27-22)20-8-10-21(11-9-20)29(30)31/h1-14,26H. The van der Waals surface area contributed by atoms with E-state index in [-0.39, 0.29) is 5.69 Å². The molecule has 0 aliphatic carbocycles. The second-order valence-electron chi connectivity index (χ2n) is 6.54. The summed E-state index contributed by atoms with van der Waals surface area (Å²) in [6.45, 7) is 0. The lowest BCUT2D eigenvalue weighted by molar-refractivity contribution is -0.384. The number of nitro benzene ring substituents is 1. The Labute approximate surface area is 191 Å². The second kappa shape index (κ2) is 9.11. The molecule has 0 saturated heterocycles. The number of aromatic nitrogens is 2. The van der Waals surface area contributed by atoms with Gasteiger partial charge in [-0.3, -0.25) is 15.5 Å². The molecule has 154 valence electrons. The maximum Gasteiger partial charge on any atom is 0.269 e. The first-order chi connectivity index (χ1) is 15.0. The highest BCUT2D eigenvalue weighted by molar-refractivity contribution is 9.10. The van der Waals surface area contributed by atoms with Crippen LogP contribution in [0.15, 0.2) is 88.6 Å². The Bertz CT molecular complexity index is 1250. The van der Waals surface area contributed by atoms with Gasteiger partial charge in [-0.15, -0.1) is 0 Å². The minimum atomic E-state index is -0.431. The minimum absolute atomic E-state index is 0.0246. The molecular weight excluding hydrogens is 482 g/mol. The van der Waals surface area contributed by atoms with Gasteiger partial charge in [0.15, 0.2) is 0 Å². The molecule has 0 radical (unpaired) electrons. The summed E-state index contributed by atoms with van der Waals surface area (Å²) in [6.07, 6.45) is 3.49. The smallest absolute Gasteiger partial charge is 0.269 e. The summed E-state index contributed by atoms with van der Waals surface area (Å²) in [5, 5.41) is 20.5. The van der Waals surface area contributed by atoms with Gasteiger partial charge in [-0.2, -0.15) is 10.2 Å². The molecule has 9 heteroatoms. The monoisotopic (exact) mass is 495 g/mol. The van der Waals surface area contributed by atoms with E-state index >= 15 is 0 Å². The molecule has 0 aliphatic rings. The van der Waals surface area contributed by atoms with Crippen molar-refractivity contribution in [2.24, 2.45) is 5.10 Å². The molecular formula is C22H15BrClN5O2. The zero-order chi connectivity index (χ0) is 21.8. The predicted molar refractivity (Wildman–Crippen MR) is 126 cm³/mol. The molecule has 4 rings (SSSR count). The molecule has 0 saturated carbocycles. The van der Waals surface area contributed by atoms with E-state index in [9.17, 15) is 10.1 Å². The van der Waals surface area contributed by atoms with Crippen molar-refractivity contribution in [3.8, 4) is 16.9 Å². The van der Waals surface area contributed by atoms with Crippen LogP contribution >= 0.6 is 27.5 Å². The Balaban J connectivity index is 1.68. The van der Waals surface area contributed by atoms with Crippen molar-refractivity contribution in [2.75, 3.05) is 5.43 Å². The number of anilines is 1. The van der Waals surface area contributed by atoms with Gasteiger partial charge in [0.25, 0.3) is 5.69 Å². The predicted octanol–water partition coefficient (Wildman–Crippen LogP) is 6.31. The summed E-state index contributed by atoms with van der Waals surface area (Å²) in [4.78, 5) is 10.5. The SMILES string of the molecule is O=[N+]([O-])c1ccc(-n2cc(C=NNc3cccc(Cl)c3)c(-c3ccc(Br)cc3)n2)cc1. The molecule has 0 aliphatic heterocycles. The van der Waals surface area contributed by atoms with E-state index in [1.54, 1.807) is 35.2 Å². The summed E-state index contributed by atoms with van der Waals surface area (Å²) in [5.41, 5.74) is 6.85. The van der Waals surface area contributed by atoms with Gasteiger partial charge >= 0.3 is 0 Å². The van der Waals surface area contributed by atoms with Crippen molar-refractivity contribution in [3.63, 3.8) is 0 Å². The number of hydrazone groups is 1. The number of halogens is 2. The van der Waals surface area contributed by atoms with Crippen molar-refractivity contribution >= 4 is 45.1 Å². The molecule has 7 nitrogen and oxygen atoms in total. The maximum atomic E-state index is 10.9. The van der Waals surface area contributed by atoms with Gasteiger partial charge in [0, 0.05) is 39.0 Å². The quantitative estimate of drug-likeness (QED) is 0.193. The van der Waals surface area contributed by atoms with Crippen molar-refractivity contribution in [3.05, 3.63) is 104 Å². The summed E-state index contributed by atoms with van der Waals surface area (Å²) in [6, 6.07) is 21.2. The molecule has 0 bridgehead atoms. The van der Waals surface area contributed by atoms with Crippen LogP contribution in [0.3, 0.4) is 0 Å². The molecule has 31 heavy (non-hydrogen) atoms. The Kier molecular flexibility index (Phi) is 6.11. The first-order valence-electron chi connectivity index (χ1n) is 9.15. The molecule has 1 aromatic heterocycles.